The number of aromatic amines is 1. The van der Waals surface area contributed by atoms with Crippen LogP contribution in [0.15, 0.2) is 29.4 Å². The molecule has 2 heterocycles. The molecule has 1 aliphatic heterocycles. The molecule has 9 heteroatoms. The summed E-state index contributed by atoms with van der Waals surface area (Å²) >= 11 is 7.36. The predicted molar refractivity (Wildman–Crippen MR) is 107 cm³/mol. The van der Waals surface area contributed by atoms with E-state index >= 15 is 0 Å². The molecule has 1 aliphatic carbocycles. The van der Waals surface area contributed by atoms with Gasteiger partial charge in [0.05, 0.1) is 11.9 Å². The standard InChI is InChI=1S/C19H23ClN4O3S/c1-11-21-19(23-22-11)28-10-18(26)24-8-12-5-16(25)17(6-13(12)9-24)27-15-4-2-3-14(20)7-15/h2-4,7,12-13,16-17,25H,5-6,8-10H2,1H3,(H,21,22,23)/t12-,13+,16+,17+/m0/s1. The minimum atomic E-state index is -0.541. The average molecular weight is 423 g/mol. The number of ether oxygens (including phenoxy) is 1. The number of aliphatic hydroxyl groups excluding tert-OH is 1. The molecule has 0 radical (unpaired) electrons. The van der Waals surface area contributed by atoms with Gasteiger partial charge in [0.1, 0.15) is 17.7 Å². The van der Waals surface area contributed by atoms with Crippen molar-refractivity contribution in [3.8, 4) is 5.75 Å². The van der Waals surface area contributed by atoms with Gasteiger partial charge in [-0.05, 0) is 49.8 Å². The SMILES string of the molecule is Cc1nc(SCC(=O)N2C[C@H]3C[C@@H](Oc4cccc(Cl)c4)[C@H](O)C[C@H]3C2)n[nH]1. The number of amides is 1. The number of benzene rings is 1. The van der Waals surface area contributed by atoms with Gasteiger partial charge in [-0.3, -0.25) is 9.89 Å². The first kappa shape index (κ1) is 19.5. The Labute approximate surface area is 172 Å². The van der Waals surface area contributed by atoms with E-state index in [1.165, 1.54) is 11.8 Å². The van der Waals surface area contributed by atoms with Crippen LogP contribution in [0.5, 0.6) is 5.75 Å². The van der Waals surface area contributed by atoms with Crippen LogP contribution in [-0.2, 0) is 4.79 Å². The summed E-state index contributed by atoms with van der Waals surface area (Å²) in [4.78, 5) is 18.7. The molecule has 1 aromatic heterocycles. The highest BCUT2D eigenvalue weighted by Gasteiger charge is 2.43. The summed E-state index contributed by atoms with van der Waals surface area (Å²) in [7, 11) is 0. The molecule has 0 bridgehead atoms. The lowest BCUT2D eigenvalue weighted by Gasteiger charge is -2.35. The number of fused-ring (bicyclic) bond motifs is 1. The molecule has 2 N–H and O–H groups in total. The number of nitrogens with one attached hydrogen (secondary N) is 1. The summed E-state index contributed by atoms with van der Waals surface area (Å²) in [6.07, 6.45) is 0.559. The third-order valence-electron chi connectivity index (χ3n) is 5.42. The monoisotopic (exact) mass is 422 g/mol. The molecule has 1 amide bonds. The molecule has 150 valence electrons. The van der Waals surface area contributed by atoms with Gasteiger partial charge in [-0.1, -0.05) is 29.4 Å². The van der Waals surface area contributed by atoms with Crippen LogP contribution in [0.4, 0.5) is 0 Å². The molecular weight excluding hydrogens is 400 g/mol. The van der Waals surface area contributed by atoms with Crippen LogP contribution in [0.3, 0.4) is 0 Å². The van der Waals surface area contributed by atoms with Crippen molar-refractivity contribution in [3.05, 3.63) is 35.1 Å². The van der Waals surface area contributed by atoms with Gasteiger partial charge in [-0.15, -0.1) is 5.10 Å². The van der Waals surface area contributed by atoms with Crippen LogP contribution in [-0.4, -0.2) is 62.1 Å². The summed E-state index contributed by atoms with van der Waals surface area (Å²) in [6.45, 7) is 3.23. The molecule has 0 spiro atoms. The molecule has 1 saturated carbocycles. The van der Waals surface area contributed by atoms with Crippen LogP contribution in [0.25, 0.3) is 0 Å². The van der Waals surface area contributed by atoms with E-state index in [4.69, 9.17) is 16.3 Å². The van der Waals surface area contributed by atoms with Gasteiger partial charge < -0.3 is 14.7 Å². The maximum Gasteiger partial charge on any atom is 0.233 e. The van der Waals surface area contributed by atoms with Crippen molar-refractivity contribution >= 4 is 29.3 Å². The number of rotatable bonds is 5. The van der Waals surface area contributed by atoms with Crippen LogP contribution < -0.4 is 4.74 Å². The van der Waals surface area contributed by atoms with E-state index in [0.29, 0.717) is 53.0 Å². The second-order valence-electron chi connectivity index (χ2n) is 7.46. The number of halogens is 1. The fourth-order valence-electron chi connectivity index (χ4n) is 4.04. The first-order chi connectivity index (χ1) is 13.5. The normalized spacial score (nSPS) is 26.9. The summed E-state index contributed by atoms with van der Waals surface area (Å²) in [5.74, 6) is 2.47. The molecular formula is C19H23ClN4O3S. The van der Waals surface area contributed by atoms with Crippen molar-refractivity contribution < 1.29 is 14.6 Å². The molecule has 7 nitrogen and oxygen atoms in total. The Balaban J connectivity index is 1.32. The van der Waals surface area contributed by atoms with E-state index in [0.717, 1.165) is 12.2 Å². The van der Waals surface area contributed by atoms with Crippen molar-refractivity contribution in [2.45, 2.75) is 37.1 Å². The van der Waals surface area contributed by atoms with Crippen LogP contribution in [0.2, 0.25) is 5.02 Å². The molecule has 28 heavy (non-hydrogen) atoms. The van der Waals surface area contributed by atoms with Gasteiger partial charge in [0.2, 0.25) is 11.1 Å². The number of carbonyl (C=O) groups is 1. The second-order valence-corrected chi connectivity index (χ2v) is 8.84. The highest BCUT2D eigenvalue weighted by atomic mass is 35.5. The molecule has 4 rings (SSSR count). The van der Waals surface area contributed by atoms with E-state index in [-0.39, 0.29) is 12.0 Å². The predicted octanol–water partition coefficient (Wildman–Crippen LogP) is 2.54. The van der Waals surface area contributed by atoms with Crippen molar-refractivity contribution in [3.63, 3.8) is 0 Å². The maximum absolute atomic E-state index is 12.6. The minimum Gasteiger partial charge on any atom is -0.488 e. The van der Waals surface area contributed by atoms with E-state index in [1.807, 2.05) is 24.0 Å². The summed E-state index contributed by atoms with van der Waals surface area (Å²) in [5, 5.41) is 18.6. The van der Waals surface area contributed by atoms with Gasteiger partial charge in [0.25, 0.3) is 0 Å². The number of nitrogens with zero attached hydrogens (tertiary/aromatic N) is 3. The Morgan fingerprint density at radius 3 is 2.89 bits per heavy atom. The number of likely N-dealkylation sites (tertiary alicyclic amines) is 1. The van der Waals surface area contributed by atoms with E-state index in [9.17, 15) is 9.90 Å². The Morgan fingerprint density at radius 2 is 2.18 bits per heavy atom. The summed E-state index contributed by atoms with van der Waals surface area (Å²) < 4.78 is 6.00. The molecule has 2 aliphatic rings. The quantitative estimate of drug-likeness (QED) is 0.719. The maximum atomic E-state index is 12.6. The fraction of sp³-hybridized carbons (Fsp3) is 0.526. The Bertz CT molecular complexity index is 848. The molecule has 2 aromatic rings. The lowest BCUT2D eigenvalue weighted by molar-refractivity contribution is -0.127. The van der Waals surface area contributed by atoms with E-state index < -0.39 is 6.10 Å². The third kappa shape index (κ3) is 4.45. The third-order valence-corrected chi connectivity index (χ3v) is 6.49. The lowest BCUT2D eigenvalue weighted by Crippen LogP contribution is -2.42. The highest BCUT2D eigenvalue weighted by Crippen LogP contribution is 2.38. The van der Waals surface area contributed by atoms with Crippen molar-refractivity contribution in [2.24, 2.45) is 11.8 Å². The molecule has 4 atom stereocenters. The van der Waals surface area contributed by atoms with Gasteiger partial charge in [-0.2, -0.15) is 0 Å². The largest absolute Gasteiger partial charge is 0.488 e. The van der Waals surface area contributed by atoms with Crippen molar-refractivity contribution in [2.75, 3.05) is 18.8 Å². The van der Waals surface area contributed by atoms with E-state index in [1.54, 1.807) is 12.1 Å². The zero-order valence-electron chi connectivity index (χ0n) is 15.5. The Hall–Kier alpha value is -1.77. The zero-order valence-corrected chi connectivity index (χ0v) is 17.1. The van der Waals surface area contributed by atoms with Gasteiger partial charge in [0.15, 0.2) is 0 Å². The zero-order chi connectivity index (χ0) is 19.7. The van der Waals surface area contributed by atoms with Crippen LogP contribution in [0.1, 0.15) is 18.7 Å². The number of thioether (sulfide) groups is 1. The highest BCUT2D eigenvalue weighted by molar-refractivity contribution is 7.99. The topological polar surface area (TPSA) is 91.3 Å². The van der Waals surface area contributed by atoms with Crippen LogP contribution in [0, 0.1) is 18.8 Å². The van der Waals surface area contributed by atoms with Crippen LogP contribution >= 0.6 is 23.4 Å². The molecule has 0 unspecified atom stereocenters. The van der Waals surface area contributed by atoms with Gasteiger partial charge in [0, 0.05) is 18.1 Å². The van der Waals surface area contributed by atoms with Crippen molar-refractivity contribution in [1.29, 1.82) is 0 Å². The minimum absolute atomic E-state index is 0.0867. The first-order valence-electron chi connectivity index (χ1n) is 9.38. The first-order valence-corrected chi connectivity index (χ1v) is 10.7. The number of carbonyl (C=O) groups excluding carboxylic acids is 1. The Morgan fingerprint density at radius 1 is 1.39 bits per heavy atom. The summed E-state index contributed by atoms with van der Waals surface area (Å²) in [5.41, 5.74) is 0. The molecule has 1 aromatic carbocycles. The fourth-order valence-corrected chi connectivity index (χ4v) is 4.97. The number of aryl methyl sites for hydroxylation is 1. The number of aliphatic hydroxyl groups is 1. The number of hydrogen-bond acceptors (Lipinski definition) is 6. The average Bonchev–Trinajstić information content (AvgIpc) is 3.26. The Kier molecular flexibility index (Phi) is 5.80. The molecule has 2 fully saturated rings. The second kappa shape index (κ2) is 8.31. The smallest absolute Gasteiger partial charge is 0.233 e. The summed E-state index contributed by atoms with van der Waals surface area (Å²) in [6, 6.07) is 7.23. The van der Waals surface area contributed by atoms with Gasteiger partial charge >= 0.3 is 0 Å². The van der Waals surface area contributed by atoms with Gasteiger partial charge in [-0.25, -0.2) is 4.98 Å². The lowest BCUT2D eigenvalue weighted by atomic mass is 9.78. The number of hydrogen-bond donors (Lipinski definition) is 2. The van der Waals surface area contributed by atoms with Crippen molar-refractivity contribution in [1.82, 2.24) is 20.1 Å². The number of aromatic nitrogens is 3. The molecule has 1 saturated heterocycles. The number of H-pyrrole nitrogens is 1. The van der Waals surface area contributed by atoms with E-state index in [2.05, 4.69) is 15.2 Å².